The lowest BCUT2D eigenvalue weighted by Crippen LogP contribution is -2.26. The Morgan fingerprint density at radius 1 is 1.03 bits per heavy atom. The molecule has 5 nitrogen and oxygen atoms in total. The van der Waals surface area contributed by atoms with Gasteiger partial charge in [0.1, 0.15) is 12.4 Å². The second-order valence-corrected chi connectivity index (χ2v) is 8.86. The molecule has 0 amide bonds. The second-order valence-electron chi connectivity index (χ2n) is 8.42. The first-order valence-corrected chi connectivity index (χ1v) is 11.4. The fourth-order valence-corrected chi connectivity index (χ4v) is 3.84. The second kappa shape index (κ2) is 13.4. The average Bonchev–Trinajstić information content (AvgIpc) is 2.78. The minimum Gasteiger partial charge on any atom is -0.492 e. The lowest BCUT2D eigenvalue weighted by Gasteiger charge is -2.13. The zero-order valence-electron chi connectivity index (χ0n) is 19.3. The van der Waals surface area contributed by atoms with E-state index in [1.807, 2.05) is 48.5 Å². The quantitative estimate of drug-likeness (QED) is 0.278. The summed E-state index contributed by atoms with van der Waals surface area (Å²) >= 11 is 5.96. The van der Waals surface area contributed by atoms with Crippen LogP contribution in [0.25, 0.3) is 11.1 Å². The summed E-state index contributed by atoms with van der Waals surface area (Å²) in [5.41, 5.74) is 3.98. The van der Waals surface area contributed by atoms with E-state index in [-0.39, 0.29) is 12.4 Å². The fraction of sp³-hybridized carbons (Fsp3) is 0.296. The van der Waals surface area contributed by atoms with Gasteiger partial charge in [0.25, 0.3) is 0 Å². The van der Waals surface area contributed by atoms with Gasteiger partial charge >= 0.3 is 5.97 Å². The van der Waals surface area contributed by atoms with Gasteiger partial charge in [-0.25, -0.2) is 4.79 Å². The van der Waals surface area contributed by atoms with Crippen LogP contribution in [0.1, 0.15) is 41.4 Å². The van der Waals surface area contributed by atoms with Gasteiger partial charge in [-0.1, -0.05) is 61.8 Å². The van der Waals surface area contributed by atoms with Crippen molar-refractivity contribution < 1.29 is 19.7 Å². The molecule has 34 heavy (non-hydrogen) atoms. The van der Waals surface area contributed by atoms with Crippen molar-refractivity contribution in [1.82, 2.24) is 5.32 Å². The SMILES string of the molecule is CC(C)Cc1cc(-c2ccc(OCCNC[C@H](O)c3cccc(Cl)c3)cc2)ccc1C(=O)O.Cl. The van der Waals surface area contributed by atoms with Gasteiger partial charge in [0, 0.05) is 18.1 Å². The number of carbonyl (C=O) groups is 1. The van der Waals surface area contributed by atoms with E-state index < -0.39 is 12.1 Å². The van der Waals surface area contributed by atoms with Crippen LogP contribution >= 0.6 is 24.0 Å². The molecule has 0 aromatic heterocycles. The summed E-state index contributed by atoms with van der Waals surface area (Å²) in [4.78, 5) is 11.5. The van der Waals surface area contributed by atoms with Gasteiger partial charge in [-0.2, -0.15) is 0 Å². The molecule has 1 atom stereocenters. The number of nitrogens with one attached hydrogen (secondary N) is 1. The van der Waals surface area contributed by atoms with Gasteiger partial charge in [-0.3, -0.25) is 0 Å². The smallest absolute Gasteiger partial charge is 0.335 e. The minimum atomic E-state index is -0.894. The molecule has 0 spiro atoms. The van der Waals surface area contributed by atoms with E-state index in [2.05, 4.69) is 19.2 Å². The third kappa shape index (κ3) is 8.03. The Morgan fingerprint density at radius 2 is 1.74 bits per heavy atom. The van der Waals surface area contributed by atoms with Crippen LogP contribution in [0.15, 0.2) is 66.7 Å². The van der Waals surface area contributed by atoms with E-state index in [0.717, 1.165) is 34.4 Å². The number of aromatic carboxylic acids is 1. The molecular weight excluding hydrogens is 473 g/mol. The summed E-state index contributed by atoms with van der Waals surface area (Å²) in [7, 11) is 0. The summed E-state index contributed by atoms with van der Waals surface area (Å²) in [5.74, 6) is 0.226. The van der Waals surface area contributed by atoms with Crippen LogP contribution in [0.4, 0.5) is 0 Å². The third-order valence-electron chi connectivity index (χ3n) is 5.27. The van der Waals surface area contributed by atoms with E-state index in [4.69, 9.17) is 16.3 Å². The van der Waals surface area contributed by atoms with Crippen molar-refractivity contribution in [3.8, 4) is 16.9 Å². The van der Waals surface area contributed by atoms with Gasteiger partial charge in [-0.05, 0) is 64.9 Å². The summed E-state index contributed by atoms with van der Waals surface area (Å²) < 4.78 is 5.79. The molecule has 0 aliphatic heterocycles. The lowest BCUT2D eigenvalue weighted by atomic mass is 9.93. The Morgan fingerprint density at radius 3 is 2.38 bits per heavy atom. The highest BCUT2D eigenvalue weighted by molar-refractivity contribution is 6.30. The van der Waals surface area contributed by atoms with Gasteiger partial charge in [0.05, 0.1) is 11.7 Å². The first kappa shape index (κ1) is 27.7. The number of benzene rings is 3. The van der Waals surface area contributed by atoms with E-state index in [1.165, 1.54) is 0 Å². The fourth-order valence-electron chi connectivity index (χ4n) is 3.65. The summed E-state index contributed by atoms with van der Waals surface area (Å²) in [6.45, 7) is 5.63. The van der Waals surface area contributed by atoms with Crippen molar-refractivity contribution in [3.05, 3.63) is 88.4 Å². The molecule has 0 saturated carbocycles. The topological polar surface area (TPSA) is 78.8 Å². The number of aliphatic hydroxyl groups is 1. The zero-order chi connectivity index (χ0) is 23.8. The molecule has 0 unspecified atom stereocenters. The van der Waals surface area contributed by atoms with E-state index in [0.29, 0.717) is 36.2 Å². The van der Waals surface area contributed by atoms with Gasteiger partial charge in [0.15, 0.2) is 0 Å². The summed E-state index contributed by atoms with van der Waals surface area (Å²) in [6, 6.07) is 20.5. The highest BCUT2D eigenvalue weighted by Crippen LogP contribution is 2.26. The molecular formula is C27H31Cl2NO4. The maximum atomic E-state index is 11.5. The van der Waals surface area contributed by atoms with Crippen LogP contribution in [0.2, 0.25) is 5.02 Å². The van der Waals surface area contributed by atoms with Crippen molar-refractivity contribution in [1.29, 1.82) is 0 Å². The molecule has 0 aliphatic carbocycles. The van der Waals surface area contributed by atoms with Crippen LogP contribution in [-0.4, -0.2) is 35.9 Å². The number of hydrogen-bond acceptors (Lipinski definition) is 4. The van der Waals surface area contributed by atoms with E-state index in [1.54, 1.807) is 18.2 Å². The summed E-state index contributed by atoms with van der Waals surface area (Å²) in [5, 5.41) is 23.5. The Labute approximate surface area is 212 Å². The predicted octanol–water partition coefficient (Wildman–Crippen LogP) is 6.03. The molecule has 0 bridgehead atoms. The monoisotopic (exact) mass is 503 g/mol. The molecule has 0 aliphatic rings. The molecule has 3 N–H and O–H groups in total. The molecule has 182 valence electrons. The van der Waals surface area contributed by atoms with Crippen LogP contribution in [0.5, 0.6) is 5.75 Å². The van der Waals surface area contributed by atoms with Crippen molar-refractivity contribution in [2.24, 2.45) is 5.92 Å². The Kier molecular flexibility index (Phi) is 10.9. The number of rotatable bonds is 11. The number of ether oxygens (including phenoxy) is 1. The van der Waals surface area contributed by atoms with Crippen molar-refractivity contribution in [3.63, 3.8) is 0 Å². The number of hydrogen-bond donors (Lipinski definition) is 3. The standard InChI is InChI=1S/C27H30ClNO4.ClH/c1-18(2)14-22-15-20(8-11-25(22)27(31)32)19-6-9-24(10-7-19)33-13-12-29-17-26(30)21-4-3-5-23(28)16-21;/h3-11,15-16,18,26,29-30H,12-14,17H2,1-2H3,(H,31,32);1H/t26-;/m0./s1. The first-order chi connectivity index (χ1) is 15.8. The van der Waals surface area contributed by atoms with Crippen LogP contribution in [0, 0.1) is 5.92 Å². The minimum absolute atomic E-state index is 0. The molecule has 0 saturated heterocycles. The maximum Gasteiger partial charge on any atom is 0.335 e. The normalized spacial score (nSPS) is 11.7. The molecule has 0 radical (unpaired) electrons. The third-order valence-corrected chi connectivity index (χ3v) is 5.51. The van der Waals surface area contributed by atoms with Gasteiger partial charge in [-0.15, -0.1) is 12.4 Å². The van der Waals surface area contributed by atoms with E-state index in [9.17, 15) is 15.0 Å². The van der Waals surface area contributed by atoms with E-state index >= 15 is 0 Å². The Balaban J connectivity index is 0.00000408. The van der Waals surface area contributed by atoms with Crippen molar-refractivity contribution in [2.45, 2.75) is 26.4 Å². The predicted molar refractivity (Wildman–Crippen MR) is 139 cm³/mol. The number of carboxylic acids is 1. The molecule has 7 heteroatoms. The highest BCUT2D eigenvalue weighted by Gasteiger charge is 2.13. The largest absolute Gasteiger partial charge is 0.492 e. The maximum absolute atomic E-state index is 11.5. The number of carboxylic acid groups (broad SMARTS) is 1. The van der Waals surface area contributed by atoms with Crippen molar-refractivity contribution in [2.75, 3.05) is 19.7 Å². The Hall–Kier alpha value is -2.57. The summed E-state index contributed by atoms with van der Waals surface area (Å²) in [6.07, 6.45) is 0.0893. The highest BCUT2D eigenvalue weighted by atomic mass is 35.5. The lowest BCUT2D eigenvalue weighted by molar-refractivity contribution is 0.0695. The number of aliphatic hydroxyl groups excluding tert-OH is 1. The van der Waals surface area contributed by atoms with Gasteiger partial charge in [0.2, 0.25) is 0 Å². The average molecular weight is 504 g/mol. The molecule has 3 rings (SSSR count). The zero-order valence-corrected chi connectivity index (χ0v) is 20.9. The Bertz CT molecular complexity index is 1070. The first-order valence-electron chi connectivity index (χ1n) is 11.1. The van der Waals surface area contributed by atoms with Crippen LogP contribution in [0.3, 0.4) is 0 Å². The molecule has 0 fully saturated rings. The number of halogens is 2. The van der Waals surface area contributed by atoms with Gasteiger partial charge < -0.3 is 20.3 Å². The molecule has 3 aromatic carbocycles. The molecule has 3 aromatic rings. The van der Waals surface area contributed by atoms with Crippen LogP contribution < -0.4 is 10.1 Å². The van der Waals surface area contributed by atoms with Crippen LogP contribution in [-0.2, 0) is 6.42 Å². The van der Waals surface area contributed by atoms with Crippen molar-refractivity contribution >= 4 is 30.0 Å². The molecule has 0 heterocycles.